The molecular formula is C17H19FN2O2. The van der Waals surface area contributed by atoms with Gasteiger partial charge in [-0.25, -0.2) is 9.18 Å². The fraction of sp³-hybridized carbons (Fsp3) is 0.235. The molecule has 0 aliphatic heterocycles. The molecule has 0 aliphatic carbocycles. The van der Waals surface area contributed by atoms with Crippen molar-refractivity contribution in [3.63, 3.8) is 0 Å². The van der Waals surface area contributed by atoms with E-state index in [4.69, 9.17) is 10.5 Å². The van der Waals surface area contributed by atoms with E-state index in [1.165, 1.54) is 12.1 Å². The van der Waals surface area contributed by atoms with Crippen molar-refractivity contribution in [2.45, 2.75) is 19.8 Å². The molecule has 0 aliphatic rings. The first kappa shape index (κ1) is 15.8. The van der Waals surface area contributed by atoms with Crippen LogP contribution in [0.25, 0.3) is 0 Å². The average Bonchev–Trinajstić information content (AvgIpc) is 2.49. The fourth-order valence-electron chi connectivity index (χ4n) is 2.10. The van der Waals surface area contributed by atoms with Crippen LogP contribution in [0.15, 0.2) is 42.5 Å². The van der Waals surface area contributed by atoms with Crippen molar-refractivity contribution in [3.8, 4) is 0 Å². The van der Waals surface area contributed by atoms with E-state index in [9.17, 15) is 9.18 Å². The first-order valence-corrected chi connectivity index (χ1v) is 7.15. The summed E-state index contributed by atoms with van der Waals surface area (Å²) in [5.74, 6) is -0.234. The summed E-state index contributed by atoms with van der Waals surface area (Å²) in [6, 6.07) is 11.9. The quantitative estimate of drug-likeness (QED) is 0.826. The molecule has 0 unspecified atom stereocenters. The first-order chi connectivity index (χ1) is 10.6. The molecule has 4 nitrogen and oxygen atoms in total. The number of nitrogens with one attached hydrogen (secondary N) is 1. The predicted octanol–water partition coefficient (Wildman–Crippen LogP) is 3.76. The van der Waals surface area contributed by atoms with Gasteiger partial charge in [-0.1, -0.05) is 18.2 Å². The van der Waals surface area contributed by atoms with Crippen LogP contribution in [0.1, 0.15) is 18.1 Å². The third-order valence-corrected chi connectivity index (χ3v) is 3.24. The van der Waals surface area contributed by atoms with Crippen molar-refractivity contribution < 1.29 is 13.9 Å². The van der Waals surface area contributed by atoms with Crippen LogP contribution in [0.5, 0.6) is 0 Å². The molecule has 2 aromatic carbocycles. The van der Waals surface area contributed by atoms with Crippen molar-refractivity contribution in [2.24, 2.45) is 0 Å². The summed E-state index contributed by atoms with van der Waals surface area (Å²) in [4.78, 5) is 11.4. The van der Waals surface area contributed by atoms with Gasteiger partial charge in [-0.2, -0.15) is 0 Å². The molecular weight excluding hydrogens is 283 g/mol. The molecule has 1 amide bonds. The Hall–Kier alpha value is -2.56. The number of benzene rings is 2. The summed E-state index contributed by atoms with van der Waals surface area (Å²) in [5.41, 5.74) is 9.07. The number of aryl methyl sites for hydroxylation is 2. The average molecular weight is 302 g/mol. The van der Waals surface area contributed by atoms with Gasteiger partial charge in [0, 0.05) is 0 Å². The molecule has 0 bridgehead atoms. The van der Waals surface area contributed by atoms with Gasteiger partial charge >= 0.3 is 6.09 Å². The van der Waals surface area contributed by atoms with Crippen molar-refractivity contribution in [1.82, 2.24) is 0 Å². The maximum atomic E-state index is 12.8. The zero-order valence-corrected chi connectivity index (χ0v) is 12.4. The molecule has 2 rings (SSSR count). The van der Waals surface area contributed by atoms with E-state index in [1.54, 1.807) is 25.1 Å². The van der Waals surface area contributed by atoms with Crippen LogP contribution in [-0.4, -0.2) is 12.7 Å². The maximum Gasteiger partial charge on any atom is 0.411 e. The van der Waals surface area contributed by atoms with Crippen LogP contribution in [0, 0.1) is 5.82 Å². The Morgan fingerprint density at radius 1 is 1.14 bits per heavy atom. The number of hydrogen-bond donors (Lipinski definition) is 2. The summed E-state index contributed by atoms with van der Waals surface area (Å²) in [5, 5.41) is 2.59. The lowest BCUT2D eigenvalue weighted by atomic mass is 10.0. The lowest BCUT2D eigenvalue weighted by Gasteiger charge is -2.10. The molecule has 0 saturated carbocycles. The van der Waals surface area contributed by atoms with Gasteiger partial charge in [-0.15, -0.1) is 0 Å². The normalized spacial score (nSPS) is 10.3. The van der Waals surface area contributed by atoms with E-state index >= 15 is 0 Å². The molecule has 0 heterocycles. The SMILES string of the molecule is CCOC(=O)Nc1ccc(CCc2ccc(F)cc2)cc1N. The Morgan fingerprint density at radius 2 is 1.77 bits per heavy atom. The summed E-state index contributed by atoms with van der Waals surface area (Å²) in [6.07, 6.45) is 1.06. The molecule has 0 saturated heterocycles. The van der Waals surface area contributed by atoms with Crippen molar-refractivity contribution >= 4 is 17.5 Å². The molecule has 0 spiro atoms. The molecule has 2 aromatic rings. The standard InChI is InChI=1S/C17H19FN2O2/c1-2-22-17(21)20-16-10-7-13(11-15(16)19)4-3-12-5-8-14(18)9-6-12/h5-11H,2-4,19H2,1H3,(H,20,21). The summed E-state index contributed by atoms with van der Waals surface area (Å²) >= 11 is 0. The van der Waals surface area contributed by atoms with Crippen LogP contribution >= 0.6 is 0 Å². The highest BCUT2D eigenvalue weighted by Gasteiger charge is 2.06. The molecule has 22 heavy (non-hydrogen) atoms. The molecule has 0 aromatic heterocycles. The Kier molecular flexibility index (Phi) is 5.36. The number of nitrogens with two attached hydrogens (primary N) is 1. The molecule has 0 fully saturated rings. The fourth-order valence-corrected chi connectivity index (χ4v) is 2.10. The number of amides is 1. The van der Waals surface area contributed by atoms with Gasteiger partial charge in [0.25, 0.3) is 0 Å². The van der Waals surface area contributed by atoms with Gasteiger partial charge in [-0.3, -0.25) is 5.32 Å². The number of halogens is 1. The Bertz CT molecular complexity index is 642. The second kappa shape index (κ2) is 7.45. The number of hydrogen-bond acceptors (Lipinski definition) is 3. The van der Waals surface area contributed by atoms with Crippen LogP contribution in [-0.2, 0) is 17.6 Å². The lowest BCUT2D eigenvalue weighted by Crippen LogP contribution is -2.14. The number of carbonyl (C=O) groups excluding carboxylic acids is 1. The van der Waals surface area contributed by atoms with Crippen LogP contribution in [0.3, 0.4) is 0 Å². The molecule has 3 N–H and O–H groups in total. The number of carbonyl (C=O) groups is 1. The second-order valence-electron chi connectivity index (χ2n) is 4.89. The topological polar surface area (TPSA) is 64.3 Å². The van der Waals surface area contributed by atoms with Crippen LogP contribution < -0.4 is 11.1 Å². The van der Waals surface area contributed by atoms with Gasteiger partial charge < -0.3 is 10.5 Å². The van der Waals surface area contributed by atoms with E-state index in [0.29, 0.717) is 18.0 Å². The van der Waals surface area contributed by atoms with Gasteiger partial charge in [0.05, 0.1) is 18.0 Å². The monoisotopic (exact) mass is 302 g/mol. The van der Waals surface area contributed by atoms with Gasteiger partial charge in [0.15, 0.2) is 0 Å². The Labute approximate surface area is 129 Å². The number of nitrogen functional groups attached to an aromatic ring is 1. The highest BCUT2D eigenvalue weighted by atomic mass is 19.1. The van der Waals surface area contributed by atoms with Crippen molar-refractivity contribution in [2.75, 3.05) is 17.7 Å². The number of rotatable bonds is 5. The first-order valence-electron chi connectivity index (χ1n) is 7.15. The summed E-state index contributed by atoms with van der Waals surface area (Å²) < 4.78 is 17.7. The minimum Gasteiger partial charge on any atom is -0.450 e. The largest absolute Gasteiger partial charge is 0.450 e. The van der Waals surface area contributed by atoms with E-state index in [0.717, 1.165) is 24.0 Å². The summed E-state index contributed by atoms with van der Waals surface area (Å²) in [7, 11) is 0. The number of ether oxygens (including phenoxy) is 1. The van der Waals surface area contributed by atoms with E-state index in [2.05, 4.69) is 5.32 Å². The van der Waals surface area contributed by atoms with Crippen molar-refractivity contribution in [3.05, 3.63) is 59.4 Å². The molecule has 116 valence electrons. The summed E-state index contributed by atoms with van der Waals surface area (Å²) in [6.45, 7) is 2.04. The molecule has 5 heteroatoms. The van der Waals surface area contributed by atoms with Gasteiger partial charge in [0.1, 0.15) is 5.82 Å². The van der Waals surface area contributed by atoms with Gasteiger partial charge in [-0.05, 0) is 55.2 Å². The zero-order chi connectivity index (χ0) is 15.9. The van der Waals surface area contributed by atoms with E-state index in [-0.39, 0.29) is 5.82 Å². The predicted molar refractivity (Wildman–Crippen MR) is 85.3 cm³/mol. The van der Waals surface area contributed by atoms with Crippen molar-refractivity contribution in [1.29, 1.82) is 0 Å². The van der Waals surface area contributed by atoms with Gasteiger partial charge in [0.2, 0.25) is 0 Å². The Balaban J connectivity index is 1.97. The third-order valence-electron chi connectivity index (χ3n) is 3.24. The second-order valence-corrected chi connectivity index (χ2v) is 4.89. The van der Waals surface area contributed by atoms with E-state index in [1.807, 2.05) is 12.1 Å². The highest BCUT2D eigenvalue weighted by molar-refractivity contribution is 5.88. The third kappa shape index (κ3) is 4.48. The lowest BCUT2D eigenvalue weighted by molar-refractivity contribution is 0.168. The van der Waals surface area contributed by atoms with Crippen LogP contribution in [0.2, 0.25) is 0 Å². The Morgan fingerprint density at radius 3 is 2.41 bits per heavy atom. The van der Waals surface area contributed by atoms with Crippen LogP contribution in [0.4, 0.5) is 20.6 Å². The smallest absolute Gasteiger partial charge is 0.411 e. The highest BCUT2D eigenvalue weighted by Crippen LogP contribution is 2.21. The molecule has 0 atom stereocenters. The van der Waals surface area contributed by atoms with E-state index < -0.39 is 6.09 Å². The minimum absolute atomic E-state index is 0.234. The maximum absolute atomic E-state index is 12.8. The number of anilines is 2. The molecule has 0 radical (unpaired) electrons. The zero-order valence-electron chi connectivity index (χ0n) is 12.4. The minimum atomic E-state index is -0.520.